The van der Waals surface area contributed by atoms with Gasteiger partial charge in [-0.2, -0.15) is 0 Å². The molecule has 1 atom stereocenters. The summed E-state index contributed by atoms with van der Waals surface area (Å²) in [5.41, 5.74) is 6.60. The number of benzene rings is 1. The second-order valence-electron chi connectivity index (χ2n) is 4.36. The van der Waals surface area contributed by atoms with Crippen molar-refractivity contribution in [1.29, 1.82) is 0 Å². The second kappa shape index (κ2) is 6.07. The highest BCUT2D eigenvalue weighted by molar-refractivity contribution is 7.09. The van der Waals surface area contributed by atoms with Gasteiger partial charge in [-0.05, 0) is 48.4 Å². The van der Waals surface area contributed by atoms with Crippen molar-refractivity contribution in [2.45, 2.75) is 25.3 Å². The lowest BCUT2D eigenvalue weighted by Crippen LogP contribution is -2.23. The molecule has 18 heavy (non-hydrogen) atoms. The molecule has 2 rings (SSSR count). The van der Waals surface area contributed by atoms with Crippen LogP contribution < -0.4 is 5.73 Å². The number of nitrogens with two attached hydrogens (primary N) is 1. The van der Waals surface area contributed by atoms with Crippen LogP contribution in [0.5, 0.6) is 0 Å². The number of hydrogen-bond donors (Lipinski definition) is 1. The Morgan fingerprint density at radius 3 is 2.50 bits per heavy atom. The maximum atomic E-state index is 13.0. The molecule has 0 amide bonds. The average Bonchev–Trinajstić information content (AvgIpc) is 2.77. The first-order valence-electron chi connectivity index (χ1n) is 5.86. The normalized spacial score (nSPS) is 12.6. The summed E-state index contributed by atoms with van der Waals surface area (Å²) < 4.78 is 26.0. The van der Waals surface area contributed by atoms with Crippen molar-refractivity contribution >= 4 is 11.3 Å². The molecule has 0 aliphatic carbocycles. The predicted molar refractivity (Wildman–Crippen MR) is 70.7 cm³/mol. The summed E-state index contributed by atoms with van der Waals surface area (Å²) in [4.78, 5) is 1.29. The molecule has 1 aromatic carbocycles. The van der Waals surface area contributed by atoms with Crippen molar-refractivity contribution in [1.82, 2.24) is 0 Å². The Hall–Kier alpha value is -1.26. The zero-order chi connectivity index (χ0) is 13.0. The third-order valence-corrected chi connectivity index (χ3v) is 3.70. The topological polar surface area (TPSA) is 26.0 Å². The van der Waals surface area contributed by atoms with E-state index in [1.807, 2.05) is 11.4 Å². The van der Waals surface area contributed by atoms with Crippen molar-refractivity contribution in [3.63, 3.8) is 0 Å². The van der Waals surface area contributed by atoms with Crippen molar-refractivity contribution in [3.8, 4) is 0 Å². The molecule has 96 valence electrons. The molecule has 1 nitrogen and oxygen atoms in total. The van der Waals surface area contributed by atoms with Crippen LogP contribution in [-0.2, 0) is 12.8 Å². The van der Waals surface area contributed by atoms with Gasteiger partial charge in [0.05, 0.1) is 0 Å². The van der Waals surface area contributed by atoms with Gasteiger partial charge in [-0.1, -0.05) is 6.07 Å². The fraction of sp³-hybridized carbons (Fsp3) is 0.286. The quantitative estimate of drug-likeness (QED) is 0.881. The van der Waals surface area contributed by atoms with Gasteiger partial charge in [0.1, 0.15) is 11.6 Å². The van der Waals surface area contributed by atoms with Crippen LogP contribution in [-0.4, -0.2) is 6.04 Å². The van der Waals surface area contributed by atoms with Gasteiger partial charge in [-0.25, -0.2) is 8.78 Å². The molecule has 1 unspecified atom stereocenters. The van der Waals surface area contributed by atoms with Gasteiger partial charge >= 0.3 is 0 Å². The highest BCUT2D eigenvalue weighted by Gasteiger charge is 2.07. The van der Waals surface area contributed by atoms with Crippen molar-refractivity contribution in [3.05, 3.63) is 57.8 Å². The van der Waals surface area contributed by atoms with Gasteiger partial charge in [0, 0.05) is 17.0 Å². The summed E-state index contributed by atoms with van der Waals surface area (Å²) in [5.74, 6) is -1.09. The molecular weight excluding hydrogens is 252 g/mol. The maximum absolute atomic E-state index is 13.0. The summed E-state index contributed by atoms with van der Waals surface area (Å²) >= 11 is 1.70. The van der Waals surface area contributed by atoms with Crippen molar-refractivity contribution in [2.24, 2.45) is 5.73 Å². The fourth-order valence-corrected chi connectivity index (χ4v) is 2.64. The molecular formula is C14H15F2NS. The number of hydrogen-bond acceptors (Lipinski definition) is 2. The molecule has 0 aliphatic heterocycles. The molecule has 0 bridgehead atoms. The smallest absolute Gasteiger partial charge is 0.126 e. The second-order valence-corrected chi connectivity index (χ2v) is 5.39. The average molecular weight is 267 g/mol. The Kier molecular flexibility index (Phi) is 4.44. The van der Waals surface area contributed by atoms with E-state index >= 15 is 0 Å². The largest absolute Gasteiger partial charge is 0.327 e. The third kappa shape index (κ3) is 3.89. The van der Waals surface area contributed by atoms with Gasteiger partial charge in [-0.3, -0.25) is 0 Å². The van der Waals surface area contributed by atoms with Crippen LogP contribution in [0, 0.1) is 11.6 Å². The van der Waals surface area contributed by atoms with E-state index in [1.165, 1.54) is 17.0 Å². The summed E-state index contributed by atoms with van der Waals surface area (Å²) in [7, 11) is 0. The van der Waals surface area contributed by atoms with E-state index in [9.17, 15) is 8.78 Å². The molecule has 0 saturated carbocycles. The van der Waals surface area contributed by atoms with E-state index in [4.69, 9.17) is 5.73 Å². The van der Waals surface area contributed by atoms with Crippen LogP contribution in [0.3, 0.4) is 0 Å². The Morgan fingerprint density at radius 1 is 1.17 bits per heavy atom. The van der Waals surface area contributed by atoms with Crippen LogP contribution in [0.15, 0.2) is 35.7 Å². The molecule has 0 radical (unpaired) electrons. The molecule has 4 heteroatoms. The van der Waals surface area contributed by atoms with Crippen LogP contribution in [0.25, 0.3) is 0 Å². The molecule has 1 aromatic heterocycles. The van der Waals surface area contributed by atoms with E-state index in [-0.39, 0.29) is 6.04 Å². The molecule has 0 saturated heterocycles. The highest BCUT2D eigenvalue weighted by atomic mass is 32.1. The lowest BCUT2D eigenvalue weighted by atomic mass is 10.0. The Bertz CT molecular complexity index is 476. The minimum Gasteiger partial charge on any atom is -0.327 e. The summed E-state index contributed by atoms with van der Waals surface area (Å²) in [6.45, 7) is 0. The van der Waals surface area contributed by atoms with E-state index in [0.717, 1.165) is 18.9 Å². The first kappa shape index (κ1) is 13.2. The van der Waals surface area contributed by atoms with Crippen LogP contribution in [0.4, 0.5) is 8.78 Å². The zero-order valence-corrected chi connectivity index (χ0v) is 10.7. The summed E-state index contributed by atoms with van der Waals surface area (Å²) in [5, 5.41) is 2.03. The van der Waals surface area contributed by atoms with E-state index in [1.54, 1.807) is 11.3 Å². The van der Waals surface area contributed by atoms with Gasteiger partial charge in [0.15, 0.2) is 0 Å². The third-order valence-electron chi connectivity index (χ3n) is 2.76. The Balaban J connectivity index is 1.88. The van der Waals surface area contributed by atoms with E-state index in [2.05, 4.69) is 6.07 Å². The molecule has 0 fully saturated rings. The number of rotatable bonds is 5. The van der Waals surface area contributed by atoms with E-state index in [0.29, 0.717) is 12.0 Å². The monoisotopic (exact) mass is 267 g/mol. The number of thiophene rings is 1. The van der Waals surface area contributed by atoms with Crippen molar-refractivity contribution in [2.75, 3.05) is 0 Å². The standard InChI is InChI=1S/C14H15F2NS/c15-11-6-10(7-12(16)9-11)8-13(17)3-4-14-2-1-5-18-14/h1-2,5-7,9,13H,3-4,8,17H2. The zero-order valence-electron chi connectivity index (χ0n) is 9.90. The summed E-state index contributed by atoms with van der Waals surface area (Å²) in [6.07, 6.45) is 2.23. The van der Waals surface area contributed by atoms with Gasteiger partial charge in [0.2, 0.25) is 0 Å². The summed E-state index contributed by atoms with van der Waals surface area (Å²) in [6, 6.07) is 7.56. The number of aryl methyl sites for hydroxylation is 1. The van der Waals surface area contributed by atoms with E-state index < -0.39 is 11.6 Å². The van der Waals surface area contributed by atoms with Gasteiger partial charge in [0.25, 0.3) is 0 Å². The maximum Gasteiger partial charge on any atom is 0.126 e. The molecule has 2 aromatic rings. The first-order chi connectivity index (χ1) is 8.63. The Labute approximate surface area is 109 Å². The lowest BCUT2D eigenvalue weighted by Gasteiger charge is -2.11. The fourth-order valence-electron chi connectivity index (χ4n) is 1.92. The molecule has 0 aliphatic rings. The minimum atomic E-state index is -0.546. The van der Waals surface area contributed by atoms with Crippen LogP contribution >= 0.6 is 11.3 Å². The first-order valence-corrected chi connectivity index (χ1v) is 6.74. The lowest BCUT2D eigenvalue weighted by molar-refractivity contribution is 0.569. The van der Waals surface area contributed by atoms with Gasteiger partial charge < -0.3 is 5.73 Å². The number of halogens is 2. The molecule has 0 spiro atoms. The van der Waals surface area contributed by atoms with Gasteiger partial charge in [-0.15, -0.1) is 11.3 Å². The predicted octanol–water partition coefficient (Wildman–Crippen LogP) is 3.53. The van der Waals surface area contributed by atoms with Crippen molar-refractivity contribution < 1.29 is 8.78 Å². The van der Waals surface area contributed by atoms with Crippen LogP contribution in [0.2, 0.25) is 0 Å². The molecule has 1 heterocycles. The molecule has 2 N–H and O–H groups in total. The Morgan fingerprint density at radius 2 is 1.89 bits per heavy atom. The van der Waals surface area contributed by atoms with Crippen LogP contribution in [0.1, 0.15) is 16.9 Å². The minimum absolute atomic E-state index is 0.0756. The highest BCUT2D eigenvalue weighted by Crippen LogP contribution is 2.14. The SMILES string of the molecule is NC(CCc1cccs1)Cc1cc(F)cc(F)c1.